The topological polar surface area (TPSA) is 33.3 Å². The normalized spacial score (nSPS) is 14.6. The third-order valence-corrected chi connectivity index (χ3v) is 4.61. The van der Waals surface area contributed by atoms with Crippen LogP contribution in [0.1, 0.15) is 24.3 Å². The van der Waals surface area contributed by atoms with Crippen LogP contribution in [0, 0.1) is 5.82 Å². The minimum Gasteiger partial charge on any atom is -0.496 e. The van der Waals surface area contributed by atoms with Crippen molar-refractivity contribution in [3.8, 4) is 5.75 Å². The largest absolute Gasteiger partial charge is 0.496 e. The van der Waals surface area contributed by atoms with Gasteiger partial charge in [-0.2, -0.15) is 4.57 Å². The molecule has 0 bridgehead atoms. The van der Waals surface area contributed by atoms with Gasteiger partial charge in [0.25, 0.3) is 0 Å². The highest BCUT2D eigenvalue weighted by Crippen LogP contribution is 2.46. The number of pyridine rings is 1. The number of hydrogen-bond donors (Lipinski definition) is 1. The Bertz CT molecular complexity index is 903. The molecule has 1 saturated carbocycles. The summed E-state index contributed by atoms with van der Waals surface area (Å²) in [6.07, 6.45) is 4.38. The second-order valence-corrected chi connectivity index (χ2v) is 6.16. The van der Waals surface area contributed by atoms with E-state index >= 15 is 0 Å². The number of aliphatic hydroxyl groups is 1. The number of ether oxygens (including phenoxy) is 1. The summed E-state index contributed by atoms with van der Waals surface area (Å²) in [7, 11) is 1.69. The molecule has 1 aromatic heterocycles. The van der Waals surface area contributed by atoms with Gasteiger partial charge in [-0.3, -0.25) is 0 Å². The average molecular weight is 312 g/mol. The molecular formula is C19H19FNO2+. The molecule has 1 N–H and O–H groups in total. The minimum atomic E-state index is -0.246. The fourth-order valence-corrected chi connectivity index (χ4v) is 3.35. The van der Waals surface area contributed by atoms with E-state index < -0.39 is 0 Å². The molecule has 0 aliphatic heterocycles. The van der Waals surface area contributed by atoms with E-state index in [1.165, 1.54) is 24.5 Å². The number of aromatic nitrogens is 1. The summed E-state index contributed by atoms with van der Waals surface area (Å²) in [5.41, 5.74) is 2.14. The zero-order chi connectivity index (χ0) is 16.0. The fourth-order valence-electron chi connectivity index (χ4n) is 3.35. The van der Waals surface area contributed by atoms with E-state index in [-0.39, 0.29) is 12.4 Å². The van der Waals surface area contributed by atoms with Crippen LogP contribution >= 0.6 is 0 Å². The summed E-state index contributed by atoms with van der Waals surface area (Å²) in [4.78, 5) is 0. The van der Waals surface area contributed by atoms with E-state index in [9.17, 15) is 9.50 Å². The first-order chi connectivity index (χ1) is 11.2. The number of rotatable bonds is 4. The molecule has 1 heterocycles. The molecular weight excluding hydrogens is 293 g/mol. The van der Waals surface area contributed by atoms with Crippen molar-refractivity contribution in [2.24, 2.45) is 0 Å². The number of benzene rings is 2. The molecule has 2 aromatic carbocycles. The standard InChI is InChI=1S/C19H19FNO2/c1-23-19-8-13-11-21(6-7-22)18-5-4-14(20)9-17(18)15(13)10-16(19)12-2-3-12/h4-5,8-12,22H,2-3,6-7H2,1H3/q+1. The van der Waals surface area contributed by atoms with Crippen LogP contribution in [-0.4, -0.2) is 18.8 Å². The number of hydrogen-bond acceptors (Lipinski definition) is 2. The predicted molar refractivity (Wildman–Crippen MR) is 87.2 cm³/mol. The van der Waals surface area contributed by atoms with Crippen LogP contribution < -0.4 is 9.30 Å². The van der Waals surface area contributed by atoms with Crippen LogP contribution in [0.5, 0.6) is 5.75 Å². The summed E-state index contributed by atoms with van der Waals surface area (Å²) in [6.45, 7) is 0.519. The number of halogens is 1. The van der Waals surface area contributed by atoms with Gasteiger partial charge in [-0.05, 0) is 48.6 Å². The maximum atomic E-state index is 13.8. The quantitative estimate of drug-likeness (QED) is 0.592. The Kier molecular flexibility index (Phi) is 3.42. The molecule has 23 heavy (non-hydrogen) atoms. The van der Waals surface area contributed by atoms with Gasteiger partial charge in [0.15, 0.2) is 12.7 Å². The number of aliphatic hydroxyl groups excluding tert-OH is 1. The molecule has 0 atom stereocenters. The van der Waals surface area contributed by atoms with Gasteiger partial charge in [-0.25, -0.2) is 4.39 Å². The molecule has 0 radical (unpaired) electrons. The van der Waals surface area contributed by atoms with E-state index in [0.717, 1.165) is 27.4 Å². The number of methoxy groups -OCH3 is 1. The van der Waals surface area contributed by atoms with Crippen molar-refractivity contribution >= 4 is 21.7 Å². The van der Waals surface area contributed by atoms with Gasteiger partial charge in [0.05, 0.1) is 17.9 Å². The Morgan fingerprint density at radius 2 is 2.04 bits per heavy atom. The summed E-state index contributed by atoms with van der Waals surface area (Å²) < 4.78 is 21.3. The van der Waals surface area contributed by atoms with Gasteiger partial charge in [0.2, 0.25) is 5.52 Å². The van der Waals surface area contributed by atoms with Crippen LogP contribution in [0.2, 0.25) is 0 Å². The third-order valence-electron chi connectivity index (χ3n) is 4.61. The van der Waals surface area contributed by atoms with Crippen molar-refractivity contribution in [3.05, 3.63) is 47.9 Å². The van der Waals surface area contributed by atoms with Crippen LogP contribution in [0.3, 0.4) is 0 Å². The van der Waals surface area contributed by atoms with Gasteiger partial charge in [-0.1, -0.05) is 0 Å². The second kappa shape index (κ2) is 5.46. The van der Waals surface area contributed by atoms with Crippen LogP contribution in [0.4, 0.5) is 4.39 Å². The number of fused-ring (bicyclic) bond motifs is 3. The highest BCUT2D eigenvalue weighted by atomic mass is 19.1. The van der Waals surface area contributed by atoms with E-state index in [1.54, 1.807) is 19.2 Å². The molecule has 0 unspecified atom stereocenters. The van der Waals surface area contributed by atoms with E-state index in [1.807, 2.05) is 16.8 Å². The van der Waals surface area contributed by atoms with Crippen molar-refractivity contribution in [2.45, 2.75) is 25.3 Å². The summed E-state index contributed by atoms with van der Waals surface area (Å²) in [5.74, 6) is 1.21. The van der Waals surface area contributed by atoms with Crippen molar-refractivity contribution in [2.75, 3.05) is 13.7 Å². The summed E-state index contributed by atoms with van der Waals surface area (Å²) >= 11 is 0. The molecule has 118 valence electrons. The molecule has 3 aromatic rings. The lowest BCUT2D eigenvalue weighted by Crippen LogP contribution is -2.36. The zero-order valence-electron chi connectivity index (χ0n) is 13.1. The molecule has 4 heteroatoms. The lowest BCUT2D eigenvalue weighted by atomic mass is 10.00. The Labute approximate surface area is 133 Å². The Morgan fingerprint density at radius 1 is 1.22 bits per heavy atom. The summed E-state index contributed by atoms with van der Waals surface area (Å²) in [6, 6.07) is 9.00. The second-order valence-electron chi connectivity index (χ2n) is 6.16. The van der Waals surface area contributed by atoms with Gasteiger partial charge < -0.3 is 9.84 Å². The first-order valence-corrected chi connectivity index (χ1v) is 7.95. The monoisotopic (exact) mass is 312 g/mol. The maximum Gasteiger partial charge on any atom is 0.213 e. The first-order valence-electron chi connectivity index (χ1n) is 7.95. The van der Waals surface area contributed by atoms with E-state index in [4.69, 9.17) is 4.74 Å². The minimum absolute atomic E-state index is 0.0416. The molecule has 1 aliphatic carbocycles. The summed E-state index contributed by atoms with van der Waals surface area (Å²) in [5, 5.41) is 12.2. The van der Waals surface area contributed by atoms with Gasteiger partial charge in [-0.15, -0.1) is 0 Å². The molecule has 4 rings (SSSR count). The molecule has 0 amide bonds. The van der Waals surface area contributed by atoms with Crippen molar-refractivity contribution in [1.82, 2.24) is 0 Å². The lowest BCUT2D eigenvalue weighted by molar-refractivity contribution is -0.671. The highest BCUT2D eigenvalue weighted by Gasteiger charge is 2.28. The molecule has 1 fully saturated rings. The third kappa shape index (κ3) is 2.43. The Balaban J connectivity index is 2.08. The fraction of sp³-hybridized carbons (Fsp3) is 0.316. The van der Waals surface area contributed by atoms with Crippen LogP contribution in [0.15, 0.2) is 36.5 Å². The number of nitrogens with zero attached hydrogens (tertiary/aromatic N) is 1. The van der Waals surface area contributed by atoms with Crippen molar-refractivity contribution in [1.29, 1.82) is 0 Å². The molecule has 3 nitrogen and oxygen atoms in total. The Morgan fingerprint density at radius 3 is 2.74 bits per heavy atom. The first kappa shape index (κ1) is 14.4. The van der Waals surface area contributed by atoms with Crippen molar-refractivity contribution < 1.29 is 18.8 Å². The van der Waals surface area contributed by atoms with Gasteiger partial charge >= 0.3 is 0 Å². The SMILES string of the molecule is COc1cc2c[n+](CCO)c3ccc(F)cc3c2cc1C1CC1. The Hall–Kier alpha value is -2.20. The molecule has 1 aliphatic rings. The van der Waals surface area contributed by atoms with Crippen LogP contribution in [0.25, 0.3) is 21.7 Å². The van der Waals surface area contributed by atoms with Gasteiger partial charge in [0, 0.05) is 11.5 Å². The molecule has 0 spiro atoms. The van der Waals surface area contributed by atoms with E-state index in [0.29, 0.717) is 12.5 Å². The lowest BCUT2D eigenvalue weighted by Gasteiger charge is -2.11. The van der Waals surface area contributed by atoms with Gasteiger partial charge in [0.1, 0.15) is 18.2 Å². The smallest absolute Gasteiger partial charge is 0.213 e. The average Bonchev–Trinajstić information content (AvgIpc) is 3.38. The maximum absolute atomic E-state index is 13.8. The van der Waals surface area contributed by atoms with E-state index in [2.05, 4.69) is 6.07 Å². The van der Waals surface area contributed by atoms with Crippen LogP contribution in [-0.2, 0) is 6.54 Å². The molecule has 0 saturated heterocycles. The predicted octanol–water partition coefficient (Wildman–Crippen LogP) is 3.30. The zero-order valence-corrected chi connectivity index (χ0v) is 13.1. The van der Waals surface area contributed by atoms with Crippen molar-refractivity contribution in [3.63, 3.8) is 0 Å². The highest BCUT2D eigenvalue weighted by molar-refractivity contribution is 6.04.